The molecule has 0 bridgehead atoms. The Morgan fingerprint density at radius 2 is 1.78 bits per heavy atom. The van der Waals surface area contributed by atoms with E-state index in [4.69, 9.17) is 0 Å². The average molecular weight is 368 g/mol. The number of nitrogens with one attached hydrogen (secondary N) is 1. The highest BCUT2D eigenvalue weighted by Crippen LogP contribution is 2.35. The second kappa shape index (κ2) is 7.91. The molecular formula is C22H25FN2O2. The molecule has 1 aliphatic heterocycles. The summed E-state index contributed by atoms with van der Waals surface area (Å²) in [6.07, 6.45) is 1.78. The summed E-state index contributed by atoms with van der Waals surface area (Å²) < 4.78 is 13.9. The third kappa shape index (κ3) is 3.87. The Labute approximate surface area is 159 Å². The van der Waals surface area contributed by atoms with Crippen LogP contribution >= 0.6 is 0 Å². The molecule has 3 rings (SSSR count). The maximum Gasteiger partial charge on any atom is 0.237 e. The molecular weight excluding hydrogens is 343 g/mol. The van der Waals surface area contributed by atoms with Gasteiger partial charge < -0.3 is 10.2 Å². The zero-order valence-electron chi connectivity index (χ0n) is 16.0. The molecule has 1 aliphatic rings. The Hall–Kier alpha value is -2.69. The highest BCUT2D eigenvalue weighted by atomic mass is 19.1. The first-order valence-electron chi connectivity index (χ1n) is 9.37. The molecule has 2 aromatic carbocycles. The molecule has 0 spiro atoms. The van der Waals surface area contributed by atoms with E-state index in [0.29, 0.717) is 6.54 Å². The molecule has 0 aromatic heterocycles. The zero-order chi connectivity index (χ0) is 19.6. The lowest BCUT2D eigenvalue weighted by Gasteiger charge is -2.19. The van der Waals surface area contributed by atoms with Crippen LogP contribution in [0.2, 0.25) is 0 Å². The number of likely N-dealkylation sites (N-methyl/N-ethyl adjacent to an activating group) is 1. The van der Waals surface area contributed by atoms with Gasteiger partial charge in [0.2, 0.25) is 11.8 Å². The Bertz CT molecular complexity index is 843. The number of halogens is 1. The van der Waals surface area contributed by atoms with E-state index < -0.39 is 17.6 Å². The van der Waals surface area contributed by atoms with Crippen LogP contribution in [0.5, 0.6) is 0 Å². The first-order valence-corrected chi connectivity index (χ1v) is 9.37. The first-order chi connectivity index (χ1) is 12.9. The Morgan fingerprint density at radius 1 is 1.15 bits per heavy atom. The molecule has 27 heavy (non-hydrogen) atoms. The van der Waals surface area contributed by atoms with Crippen molar-refractivity contribution < 1.29 is 14.0 Å². The Balaban J connectivity index is 1.94. The fourth-order valence-electron chi connectivity index (χ4n) is 3.68. The van der Waals surface area contributed by atoms with Gasteiger partial charge in [0.25, 0.3) is 0 Å². The molecule has 4 nitrogen and oxygen atoms in total. The number of carbonyl (C=O) groups excluding carboxylic acids is 2. The number of carbonyl (C=O) groups is 2. The second-order valence-corrected chi connectivity index (χ2v) is 7.06. The van der Waals surface area contributed by atoms with Gasteiger partial charge in [0.15, 0.2) is 0 Å². The van der Waals surface area contributed by atoms with Gasteiger partial charge in [-0.05, 0) is 41.7 Å². The van der Waals surface area contributed by atoms with Crippen molar-refractivity contribution in [2.45, 2.75) is 32.6 Å². The van der Waals surface area contributed by atoms with Gasteiger partial charge in [-0.15, -0.1) is 0 Å². The van der Waals surface area contributed by atoms with Crippen molar-refractivity contribution >= 4 is 17.5 Å². The van der Waals surface area contributed by atoms with Crippen LogP contribution in [0, 0.1) is 11.7 Å². The number of anilines is 1. The predicted octanol–water partition coefficient (Wildman–Crippen LogP) is 3.76. The predicted molar refractivity (Wildman–Crippen MR) is 104 cm³/mol. The van der Waals surface area contributed by atoms with E-state index >= 15 is 0 Å². The van der Waals surface area contributed by atoms with Gasteiger partial charge >= 0.3 is 0 Å². The first kappa shape index (κ1) is 19.1. The largest absolute Gasteiger partial charge is 0.344 e. The molecule has 1 saturated heterocycles. The lowest BCUT2D eigenvalue weighted by Crippen LogP contribution is -2.33. The normalized spacial score (nSPS) is 19.4. The molecule has 1 heterocycles. The van der Waals surface area contributed by atoms with Gasteiger partial charge in [0.05, 0.1) is 5.69 Å². The van der Waals surface area contributed by atoms with Crippen molar-refractivity contribution in [2.24, 2.45) is 5.92 Å². The summed E-state index contributed by atoms with van der Waals surface area (Å²) in [4.78, 5) is 27.2. The summed E-state index contributed by atoms with van der Waals surface area (Å²) in [6, 6.07) is 12.3. The maximum atomic E-state index is 13.9. The number of hydrogen-bond donors (Lipinski definition) is 1. The van der Waals surface area contributed by atoms with E-state index in [1.807, 2.05) is 0 Å². The second-order valence-electron chi connectivity index (χ2n) is 7.06. The number of rotatable bonds is 5. The summed E-state index contributed by atoms with van der Waals surface area (Å²) in [5.74, 6) is -2.30. The highest BCUT2D eigenvalue weighted by Gasteiger charge is 2.44. The van der Waals surface area contributed by atoms with E-state index in [1.54, 1.807) is 24.1 Å². The van der Waals surface area contributed by atoms with Crippen molar-refractivity contribution in [2.75, 3.05) is 18.9 Å². The monoisotopic (exact) mass is 368 g/mol. The van der Waals surface area contributed by atoms with Gasteiger partial charge in [-0.3, -0.25) is 9.59 Å². The Morgan fingerprint density at radius 3 is 2.37 bits per heavy atom. The lowest BCUT2D eigenvalue weighted by atomic mass is 9.85. The van der Waals surface area contributed by atoms with Gasteiger partial charge in [-0.25, -0.2) is 4.39 Å². The minimum Gasteiger partial charge on any atom is -0.344 e. The highest BCUT2D eigenvalue weighted by molar-refractivity contribution is 6.08. The third-order valence-electron chi connectivity index (χ3n) is 5.25. The van der Waals surface area contributed by atoms with Crippen LogP contribution in [0.15, 0.2) is 42.5 Å². The van der Waals surface area contributed by atoms with E-state index in [2.05, 4.69) is 37.4 Å². The summed E-state index contributed by atoms with van der Waals surface area (Å²) in [5, 5.41) is 2.60. The molecule has 1 N–H and O–H groups in total. The minimum absolute atomic E-state index is 0.0974. The van der Waals surface area contributed by atoms with Gasteiger partial charge in [-0.2, -0.15) is 0 Å². The number of amides is 2. The fraction of sp³-hybridized carbons (Fsp3) is 0.364. The van der Waals surface area contributed by atoms with E-state index in [-0.39, 0.29) is 17.5 Å². The molecule has 0 unspecified atom stereocenters. The van der Waals surface area contributed by atoms with Crippen LogP contribution in [0.1, 0.15) is 36.5 Å². The summed E-state index contributed by atoms with van der Waals surface area (Å²) in [7, 11) is 1.70. The lowest BCUT2D eigenvalue weighted by molar-refractivity contribution is -0.135. The van der Waals surface area contributed by atoms with Crippen molar-refractivity contribution in [3.05, 3.63) is 65.0 Å². The molecule has 142 valence electrons. The third-order valence-corrected chi connectivity index (χ3v) is 5.25. The van der Waals surface area contributed by atoms with Crippen molar-refractivity contribution in [1.82, 2.24) is 4.90 Å². The molecule has 2 amide bonds. The molecule has 2 aromatic rings. The summed E-state index contributed by atoms with van der Waals surface area (Å²) in [6.45, 7) is 4.66. The van der Waals surface area contributed by atoms with Crippen LogP contribution in [0.25, 0.3) is 0 Å². The van der Waals surface area contributed by atoms with E-state index in [1.165, 1.54) is 23.3 Å². The minimum atomic E-state index is -0.855. The van der Waals surface area contributed by atoms with Crippen LogP contribution in [0.4, 0.5) is 10.1 Å². The number of benzene rings is 2. The van der Waals surface area contributed by atoms with E-state index in [0.717, 1.165) is 18.4 Å². The smallest absolute Gasteiger partial charge is 0.237 e. The molecule has 2 atom stereocenters. The molecule has 1 fully saturated rings. The van der Waals surface area contributed by atoms with Crippen molar-refractivity contribution in [1.29, 1.82) is 0 Å². The quantitative estimate of drug-likeness (QED) is 0.817. The van der Waals surface area contributed by atoms with Gasteiger partial charge in [-0.1, -0.05) is 44.2 Å². The average Bonchev–Trinajstić information content (AvgIpc) is 2.98. The van der Waals surface area contributed by atoms with Crippen LogP contribution in [0.3, 0.4) is 0 Å². The molecule has 5 heteroatoms. The number of para-hydroxylation sites is 1. The topological polar surface area (TPSA) is 49.4 Å². The fourth-order valence-corrected chi connectivity index (χ4v) is 3.68. The van der Waals surface area contributed by atoms with Crippen LogP contribution in [-0.2, 0) is 22.4 Å². The van der Waals surface area contributed by atoms with Gasteiger partial charge in [0, 0.05) is 19.5 Å². The van der Waals surface area contributed by atoms with Crippen LogP contribution < -0.4 is 5.32 Å². The van der Waals surface area contributed by atoms with Crippen LogP contribution in [-0.4, -0.2) is 30.3 Å². The molecule has 0 saturated carbocycles. The number of hydrogen-bond acceptors (Lipinski definition) is 2. The summed E-state index contributed by atoms with van der Waals surface area (Å²) >= 11 is 0. The maximum absolute atomic E-state index is 13.9. The summed E-state index contributed by atoms with van der Waals surface area (Å²) in [5.41, 5.74) is 3.48. The van der Waals surface area contributed by atoms with Crippen molar-refractivity contribution in [3.8, 4) is 0 Å². The zero-order valence-corrected chi connectivity index (χ0v) is 16.0. The van der Waals surface area contributed by atoms with E-state index in [9.17, 15) is 14.0 Å². The number of likely N-dealkylation sites (tertiary alicyclic amines) is 1. The van der Waals surface area contributed by atoms with Gasteiger partial charge in [0.1, 0.15) is 11.7 Å². The Kier molecular flexibility index (Phi) is 5.59. The standard InChI is InChI=1S/C22H25FN2O2/c1-4-14-10-15(5-2)12-16(11-14)17-13-25(3)22(27)20(17)21(26)24-19-9-7-6-8-18(19)23/h6-12,17,20H,4-5,13H2,1-3H3,(H,24,26)/t17-,20+/m1/s1. The molecule has 0 radical (unpaired) electrons. The SMILES string of the molecule is CCc1cc(CC)cc([C@H]2CN(C)C(=O)[C@@H]2C(=O)Nc2ccccc2F)c1. The molecule has 0 aliphatic carbocycles. The van der Waals surface area contributed by atoms with Crippen molar-refractivity contribution in [3.63, 3.8) is 0 Å². The number of nitrogens with zero attached hydrogens (tertiary/aromatic N) is 1. The number of aryl methyl sites for hydroxylation is 2.